The molecule has 0 atom stereocenters. The summed E-state index contributed by atoms with van der Waals surface area (Å²) in [5.74, 6) is -49.8. The second-order valence-electron chi connectivity index (χ2n) is 5.24. The zero-order valence-corrected chi connectivity index (χ0v) is 15.4. The summed E-state index contributed by atoms with van der Waals surface area (Å²) in [6.45, 7) is 0. The van der Waals surface area contributed by atoms with Gasteiger partial charge in [-0.1, -0.05) is 0 Å². The Balaban J connectivity index is 6.65. The van der Waals surface area contributed by atoms with Crippen molar-refractivity contribution in [2.24, 2.45) is 0 Å². The van der Waals surface area contributed by atoms with Crippen molar-refractivity contribution in [3.8, 4) is 0 Å². The average Bonchev–Trinajstić information content (AvgIpc) is 2.43. The average molecular weight is 533 g/mol. The molecule has 20 heteroatoms. The Morgan fingerprint density at radius 1 is 0.414 bits per heavy atom. The Morgan fingerprint density at radius 3 is 0.897 bits per heavy atom. The van der Waals surface area contributed by atoms with Crippen LogP contribution >= 0.6 is 23.2 Å². The SMILES string of the molecule is FC(F)(F)C(F)(F)C(F)(F)C(F)(F)C(F)(F)C(F)(F)C(F)(F)C(F)(F)[SiH2]C(Cl)Cl. The second-order valence-corrected chi connectivity index (χ2v) is 9.67. The maximum Gasteiger partial charge on any atom is 0.460 e. The standard InChI is InChI=1S/C9H3Cl2F17Si/c10-1(11)29-9(27,28)7(22,23)5(18,19)3(14,15)2(12,13)4(16,17)6(20,21)8(24,25)26/h1H,29H2. The van der Waals surface area contributed by atoms with E-state index in [2.05, 4.69) is 23.2 Å². The molecular weight excluding hydrogens is 530 g/mol. The molecule has 0 amide bonds. The first-order valence-corrected chi connectivity index (χ1v) is 8.56. The molecule has 0 rings (SSSR count). The molecule has 0 aromatic carbocycles. The van der Waals surface area contributed by atoms with Crippen LogP contribution in [0.15, 0.2) is 0 Å². The zero-order valence-electron chi connectivity index (χ0n) is 12.5. The van der Waals surface area contributed by atoms with E-state index < -0.39 is 61.2 Å². The highest BCUT2D eigenvalue weighted by Gasteiger charge is 2.95. The van der Waals surface area contributed by atoms with Gasteiger partial charge in [-0.3, -0.25) is 0 Å². The van der Waals surface area contributed by atoms with Crippen LogP contribution in [-0.4, -0.2) is 61.2 Å². The summed E-state index contributed by atoms with van der Waals surface area (Å²) in [6.07, 6.45) is -7.77. The summed E-state index contributed by atoms with van der Waals surface area (Å²) >= 11 is 9.19. The van der Waals surface area contributed by atoms with Crippen LogP contribution in [0.2, 0.25) is 0 Å². The molecule has 0 aliphatic rings. The second kappa shape index (κ2) is 7.34. The summed E-state index contributed by atoms with van der Waals surface area (Å²) in [5, 5.41) is 0. The van der Waals surface area contributed by atoms with Crippen molar-refractivity contribution in [3.05, 3.63) is 0 Å². The van der Waals surface area contributed by atoms with Crippen molar-refractivity contribution in [3.63, 3.8) is 0 Å². The van der Waals surface area contributed by atoms with Gasteiger partial charge in [0.1, 0.15) is 0 Å². The van der Waals surface area contributed by atoms with Gasteiger partial charge in [-0.25, -0.2) is 8.78 Å². The zero-order chi connectivity index (χ0) is 24.3. The minimum absolute atomic E-state index is 2.61. The largest absolute Gasteiger partial charge is 0.460 e. The first-order chi connectivity index (χ1) is 12.2. The molecule has 0 unspecified atom stereocenters. The van der Waals surface area contributed by atoms with Crippen LogP contribution < -0.4 is 0 Å². The molecule has 0 fully saturated rings. The third kappa shape index (κ3) is 3.96. The highest BCUT2D eigenvalue weighted by atomic mass is 35.5. The lowest BCUT2D eigenvalue weighted by Crippen LogP contribution is -2.75. The predicted octanol–water partition coefficient (Wildman–Crippen LogP) is 5.88. The van der Waals surface area contributed by atoms with Gasteiger partial charge in [0.05, 0.1) is 4.46 Å². The van der Waals surface area contributed by atoms with Crippen molar-refractivity contribution >= 4 is 32.7 Å². The van der Waals surface area contributed by atoms with Crippen LogP contribution in [0.4, 0.5) is 74.6 Å². The first-order valence-electron chi connectivity index (χ1n) is 6.16. The highest BCUT2D eigenvalue weighted by Crippen LogP contribution is 2.63. The molecule has 0 saturated carbocycles. The van der Waals surface area contributed by atoms with E-state index in [-0.39, 0.29) is 0 Å². The normalized spacial score (nSPS) is 17.0. The van der Waals surface area contributed by atoms with Crippen molar-refractivity contribution in [2.75, 3.05) is 0 Å². The Kier molecular flexibility index (Phi) is 7.24. The fourth-order valence-electron chi connectivity index (χ4n) is 1.52. The highest BCUT2D eigenvalue weighted by molar-refractivity contribution is 6.69. The molecule has 0 aliphatic heterocycles. The number of halogens is 19. The van der Waals surface area contributed by atoms with E-state index in [0.29, 0.717) is 0 Å². The predicted molar refractivity (Wildman–Crippen MR) is 64.7 cm³/mol. The van der Waals surface area contributed by atoms with Crippen LogP contribution in [0.1, 0.15) is 0 Å². The Bertz CT molecular complexity index is 594. The molecule has 0 radical (unpaired) electrons. The molecule has 0 saturated heterocycles. The van der Waals surface area contributed by atoms with Crippen LogP contribution in [-0.2, 0) is 0 Å². The molecule has 0 aromatic rings. The fraction of sp³-hybridized carbons (Fsp3) is 1.00. The summed E-state index contributed by atoms with van der Waals surface area (Å²) in [7, 11) is -4.32. The lowest BCUT2D eigenvalue weighted by atomic mass is 9.91. The van der Waals surface area contributed by atoms with Gasteiger partial charge in [0, 0.05) is 0 Å². The molecule has 29 heavy (non-hydrogen) atoms. The van der Waals surface area contributed by atoms with Crippen LogP contribution in [0.5, 0.6) is 0 Å². The number of hydrogen-bond acceptors (Lipinski definition) is 0. The minimum Gasteiger partial charge on any atom is -0.206 e. The van der Waals surface area contributed by atoms with Gasteiger partial charge in [-0.15, -0.1) is 23.2 Å². The van der Waals surface area contributed by atoms with Crippen LogP contribution in [0.3, 0.4) is 0 Å². The van der Waals surface area contributed by atoms with Gasteiger partial charge in [0.25, 0.3) is 5.55 Å². The molecular formula is C9H3Cl2F17Si. The molecule has 0 nitrogen and oxygen atoms in total. The van der Waals surface area contributed by atoms with E-state index >= 15 is 0 Å². The van der Waals surface area contributed by atoms with Crippen LogP contribution in [0.25, 0.3) is 0 Å². The maximum atomic E-state index is 13.3. The van der Waals surface area contributed by atoms with Gasteiger partial charge in [-0.05, 0) is 0 Å². The Labute approximate surface area is 160 Å². The van der Waals surface area contributed by atoms with E-state index in [4.69, 9.17) is 0 Å². The molecule has 0 heterocycles. The third-order valence-corrected chi connectivity index (χ3v) is 5.39. The lowest BCUT2D eigenvalue weighted by molar-refractivity contribution is -0.458. The quantitative estimate of drug-likeness (QED) is 0.208. The fourth-order valence-corrected chi connectivity index (χ4v) is 3.55. The van der Waals surface area contributed by atoms with Gasteiger partial charge in [0.2, 0.25) is 0 Å². The van der Waals surface area contributed by atoms with Gasteiger partial charge in [0.15, 0.2) is 9.52 Å². The van der Waals surface area contributed by atoms with E-state index in [0.717, 1.165) is 0 Å². The van der Waals surface area contributed by atoms with E-state index in [9.17, 15) is 74.6 Å². The monoisotopic (exact) mass is 532 g/mol. The van der Waals surface area contributed by atoms with Gasteiger partial charge < -0.3 is 0 Å². The maximum absolute atomic E-state index is 13.3. The van der Waals surface area contributed by atoms with E-state index in [1.807, 2.05) is 0 Å². The molecule has 0 N–H and O–H groups in total. The molecule has 0 spiro atoms. The van der Waals surface area contributed by atoms with Crippen molar-refractivity contribution in [2.45, 2.75) is 51.7 Å². The van der Waals surface area contributed by atoms with E-state index in [1.165, 1.54) is 0 Å². The van der Waals surface area contributed by atoms with Gasteiger partial charge >= 0.3 is 41.7 Å². The number of hydrogen-bond donors (Lipinski definition) is 0. The first kappa shape index (κ1) is 28.6. The topological polar surface area (TPSA) is 0 Å². The minimum atomic E-state index is -8.62. The molecule has 0 aromatic heterocycles. The number of rotatable bonds is 8. The molecule has 176 valence electrons. The van der Waals surface area contributed by atoms with E-state index in [1.54, 1.807) is 0 Å². The smallest absolute Gasteiger partial charge is 0.206 e. The van der Waals surface area contributed by atoms with Crippen molar-refractivity contribution < 1.29 is 74.6 Å². The lowest BCUT2D eigenvalue weighted by Gasteiger charge is -2.43. The Hall–Kier alpha value is -0.393. The molecule has 0 bridgehead atoms. The summed E-state index contributed by atoms with van der Waals surface area (Å²) in [5.41, 5.74) is -6.41. The molecule has 0 aliphatic carbocycles. The summed E-state index contributed by atoms with van der Waals surface area (Å²) in [4.78, 5) is 0. The summed E-state index contributed by atoms with van der Waals surface area (Å²) < 4.78 is 216. The van der Waals surface area contributed by atoms with Crippen LogP contribution in [0, 0.1) is 0 Å². The van der Waals surface area contributed by atoms with Gasteiger partial charge in [-0.2, -0.15) is 65.9 Å². The van der Waals surface area contributed by atoms with Crippen molar-refractivity contribution in [1.29, 1.82) is 0 Å². The number of alkyl halides is 19. The summed E-state index contributed by atoms with van der Waals surface area (Å²) in [6, 6.07) is 0. The Morgan fingerprint density at radius 2 is 0.655 bits per heavy atom. The third-order valence-electron chi connectivity index (χ3n) is 3.20. The van der Waals surface area contributed by atoms with Crippen molar-refractivity contribution in [1.82, 2.24) is 0 Å².